The van der Waals surface area contributed by atoms with Gasteiger partial charge < -0.3 is 20.0 Å². The molecule has 8 heteroatoms. The Morgan fingerprint density at radius 1 is 1.35 bits per heavy atom. The number of nitrogens with zero attached hydrogens (tertiary/aromatic N) is 1. The maximum Gasteiger partial charge on any atom is 0.287 e. The lowest BCUT2D eigenvalue weighted by Gasteiger charge is -2.05. The van der Waals surface area contributed by atoms with Crippen LogP contribution in [0.15, 0.2) is 33.6 Å². The number of aromatic amines is 1. The third-order valence-corrected chi connectivity index (χ3v) is 2.87. The van der Waals surface area contributed by atoms with E-state index in [9.17, 15) is 9.59 Å². The normalized spacial score (nSPS) is 10.2. The first kappa shape index (κ1) is 14.3. The molecule has 0 radical (unpaired) electrons. The predicted octanol–water partition coefficient (Wildman–Crippen LogP) is 0.854. The number of carbonyl (C=O) groups is 2. The Hall–Kier alpha value is -2.09. The maximum atomic E-state index is 11.6. The van der Waals surface area contributed by atoms with Gasteiger partial charge in [0, 0.05) is 25.4 Å². The van der Waals surface area contributed by atoms with Crippen molar-refractivity contribution in [2.24, 2.45) is 0 Å². The van der Waals surface area contributed by atoms with Crippen LogP contribution in [0, 0.1) is 0 Å². The van der Waals surface area contributed by atoms with Crippen LogP contribution in [-0.2, 0) is 11.2 Å². The molecule has 0 aliphatic rings. The van der Waals surface area contributed by atoms with Gasteiger partial charge >= 0.3 is 0 Å². The number of rotatable bonds is 6. The summed E-state index contributed by atoms with van der Waals surface area (Å²) in [5.74, 6) is 0.252. The molecule has 3 N–H and O–H groups in total. The Kier molecular flexibility index (Phi) is 4.94. The summed E-state index contributed by atoms with van der Waals surface area (Å²) >= 11 is 3.10. The number of halogens is 1. The molecule has 7 nitrogen and oxygen atoms in total. The molecule has 0 spiro atoms. The van der Waals surface area contributed by atoms with Gasteiger partial charge in [0.15, 0.2) is 10.4 Å². The maximum absolute atomic E-state index is 11.6. The molecule has 0 fully saturated rings. The van der Waals surface area contributed by atoms with Crippen LogP contribution in [0.2, 0.25) is 0 Å². The molecule has 0 saturated carbocycles. The Morgan fingerprint density at radius 3 is 2.85 bits per heavy atom. The van der Waals surface area contributed by atoms with Crippen molar-refractivity contribution in [1.82, 2.24) is 20.6 Å². The Balaban J connectivity index is 1.66. The van der Waals surface area contributed by atoms with Gasteiger partial charge in [-0.25, -0.2) is 4.98 Å². The van der Waals surface area contributed by atoms with Crippen LogP contribution in [0.3, 0.4) is 0 Å². The Morgan fingerprint density at radius 2 is 2.20 bits per heavy atom. The fourth-order valence-electron chi connectivity index (χ4n) is 1.50. The van der Waals surface area contributed by atoms with Crippen molar-refractivity contribution in [2.75, 3.05) is 13.1 Å². The minimum Gasteiger partial charge on any atom is -0.444 e. The zero-order valence-corrected chi connectivity index (χ0v) is 12.1. The van der Waals surface area contributed by atoms with E-state index in [2.05, 4.69) is 36.5 Å². The molecule has 2 amide bonds. The van der Waals surface area contributed by atoms with Crippen LogP contribution < -0.4 is 10.6 Å². The van der Waals surface area contributed by atoms with Crippen LogP contribution in [-0.4, -0.2) is 34.9 Å². The molecular weight excluding hydrogens is 328 g/mol. The largest absolute Gasteiger partial charge is 0.444 e. The molecule has 2 heterocycles. The van der Waals surface area contributed by atoms with Crippen molar-refractivity contribution in [3.63, 3.8) is 0 Å². The van der Waals surface area contributed by atoms with E-state index < -0.39 is 5.91 Å². The number of amides is 2. The zero-order valence-electron chi connectivity index (χ0n) is 10.5. The van der Waals surface area contributed by atoms with Gasteiger partial charge in [-0.15, -0.1) is 0 Å². The third kappa shape index (κ3) is 4.23. The minimum atomic E-state index is -0.433. The highest BCUT2D eigenvalue weighted by Gasteiger charge is 2.11. The predicted molar refractivity (Wildman–Crippen MR) is 74.0 cm³/mol. The molecule has 0 aliphatic heterocycles. The quantitative estimate of drug-likeness (QED) is 0.725. The second kappa shape index (κ2) is 6.90. The van der Waals surface area contributed by atoms with Gasteiger partial charge in [-0.3, -0.25) is 9.59 Å². The molecule has 2 rings (SSSR count). The highest BCUT2D eigenvalue weighted by Crippen LogP contribution is 2.13. The number of furan rings is 1. The van der Waals surface area contributed by atoms with Crippen LogP contribution in [0.4, 0.5) is 0 Å². The van der Waals surface area contributed by atoms with E-state index in [0.29, 0.717) is 17.6 Å². The fraction of sp³-hybridized carbons (Fsp3) is 0.250. The van der Waals surface area contributed by atoms with E-state index >= 15 is 0 Å². The molecule has 2 aromatic rings. The zero-order chi connectivity index (χ0) is 14.4. The van der Waals surface area contributed by atoms with E-state index in [4.69, 9.17) is 4.42 Å². The molecule has 0 saturated heterocycles. The summed E-state index contributed by atoms with van der Waals surface area (Å²) < 4.78 is 5.53. The number of aromatic nitrogens is 2. The van der Waals surface area contributed by atoms with E-state index in [0.717, 1.165) is 5.82 Å². The van der Waals surface area contributed by atoms with E-state index in [-0.39, 0.29) is 18.2 Å². The molecule has 106 valence electrons. The summed E-state index contributed by atoms with van der Waals surface area (Å²) in [5, 5.41) is 5.15. The molecule has 20 heavy (non-hydrogen) atoms. The van der Waals surface area contributed by atoms with Gasteiger partial charge in [-0.05, 0) is 28.1 Å². The average Bonchev–Trinajstić information content (AvgIpc) is 3.07. The number of H-pyrrole nitrogens is 1. The molecular formula is C12H13BrN4O3. The summed E-state index contributed by atoms with van der Waals surface area (Å²) in [7, 11) is 0. The lowest BCUT2D eigenvalue weighted by molar-refractivity contribution is -0.120. The van der Waals surface area contributed by atoms with Crippen LogP contribution >= 0.6 is 15.9 Å². The first-order valence-corrected chi connectivity index (χ1v) is 6.73. The topological polar surface area (TPSA) is 100 Å². The molecule has 0 aliphatic carbocycles. The second-order valence-electron chi connectivity index (χ2n) is 3.92. The SMILES string of the molecule is O=C(CNC(=O)c1ccc(Br)o1)NCCc1ncc[nH]1. The van der Waals surface area contributed by atoms with Crippen LogP contribution in [0.1, 0.15) is 16.4 Å². The fourth-order valence-corrected chi connectivity index (χ4v) is 1.81. The van der Waals surface area contributed by atoms with Crippen molar-refractivity contribution < 1.29 is 14.0 Å². The second-order valence-corrected chi connectivity index (χ2v) is 4.70. The molecule has 0 aromatic carbocycles. The summed E-state index contributed by atoms with van der Waals surface area (Å²) in [5.41, 5.74) is 0. The summed E-state index contributed by atoms with van der Waals surface area (Å²) in [4.78, 5) is 30.1. The van der Waals surface area contributed by atoms with Gasteiger partial charge in [-0.2, -0.15) is 0 Å². The number of nitrogens with one attached hydrogen (secondary N) is 3. The van der Waals surface area contributed by atoms with Gasteiger partial charge in [0.05, 0.1) is 6.54 Å². The highest BCUT2D eigenvalue weighted by molar-refractivity contribution is 9.10. The summed E-state index contributed by atoms with van der Waals surface area (Å²) in [6.07, 6.45) is 3.98. The molecule has 2 aromatic heterocycles. The van der Waals surface area contributed by atoms with Crippen molar-refractivity contribution in [2.45, 2.75) is 6.42 Å². The van der Waals surface area contributed by atoms with Crippen LogP contribution in [0.5, 0.6) is 0 Å². The van der Waals surface area contributed by atoms with E-state index in [1.807, 2.05) is 0 Å². The third-order valence-electron chi connectivity index (χ3n) is 2.45. The minimum absolute atomic E-state index is 0.102. The summed E-state index contributed by atoms with van der Waals surface area (Å²) in [6.45, 7) is 0.351. The van der Waals surface area contributed by atoms with E-state index in [1.165, 1.54) is 6.07 Å². The first-order chi connectivity index (χ1) is 9.65. The van der Waals surface area contributed by atoms with Crippen molar-refractivity contribution in [3.05, 3.63) is 40.8 Å². The Bertz CT molecular complexity index is 579. The summed E-state index contributed by atoms with van der Waals surface area (Å²) in [6, 6.07) is 3.13. The van der Waals surface area contributed by atoms with E-state index in [1.54, 1.807) is 18.5 Å². The smallest absolute Gasteiger partial charge is 0.287 e. The number of carbonyl (C=O) groups excluding carboxylic acids is 2. The highest BCUT2D eigenvalue weighted by atomic mass is 79.9. The molecule has 0 bridgehead atoms. The first-order valence-electron chi connectivity index (χ1n) is 5.93. The number of hydrogen-bond acceptors (Lipinski definition) is 4. The van der Waals surface area contributed by atoms with Crippen molar-refractivity contribution >= 4 is 27.7 Å². The number of imidazole rings is 1. The van der Waals surface area contributed by atoms with Gasteiger partial charge in [0.2, 0.25) is 5.91 Å². The molecule has 0 atom stereocenters. The standard InChI is InChI=1S/C12H13BrN4O3/c13-9-2-1-8(20-9)12(19)17-7-11(18)16-4-3-10-14-5-6-15-10/h1-2,5-6H,3-4,7H2,(H,14,15)(H,16,18)(H,17,19). The lowest BCUT2D eigenvalue weighted by Crippen LogP contribution is -2.37. The van der Waals surface area contributed by atoms with Crippen LogP contribution in [0.25, 0.3) is 0 Å². The average molecular weight is 341 g/mol. The number of hydrogen-bond donors (Lipinski definition) is 3. The van der Waals surface area contributed by atoms with Gasteiger partial charge in [-0.1, -0.05) is 0 Å². The van der Waals surface area contributed by atoms with Crippen molar-refractivity contribution in [1.29, 1.82) is 0 Å². The van der Waals surface area contributed by atoms with Gasteiger partial charge in [0.1, 0.15) is 5.82 Å². The molecule has 0 unspecified atom stereocenters. The lowest BCUT2D eigenvalue weighted by atomic mass is 10.4. The van der Waals surface area contributed by atoms with Gasteiger partial charge in [0.25, 0.3) is 5.91 Å². The monoisotopic (exact) mass is 340 g/mol. The Labute approximate surface area is 123 Å². The van der Waals surface area contributed by atoms with Crippen molar-refractivity contribution in [3.8, 4) is 0 Å².